The van der Waals surface area contributed by atoms with Crippen LogP contribution in [0.25, 0.3) is 0 Å². The van der Waals surface area contributed by atoms with Gasteiger partial charge in [0.2, 0.25) is 0 Å². The van der Waals surface area contributed by atoms with Crippen LogP contribution >= 0.6 is 0 Å². The Morgan fingerprint density at radius 2 is 1.67 bits per heavy atom. The van der Waals surface area contributed by atoms with E-state index in [4.69, 9.17) is 4.74 Å². The zero-order valence-electron chi connectivity index (χ0n) is 13.5. The van der Waals surface area contributed by atoms with Crippen LogP contribution in [0.3, 0.4) is 0 Å². The van der Waals surface area contributed by atoms with Gasteiger partial charge in [-0.25, -0.2) is 4.79 Å². The molecule has 4 nitrogen and oxygen atoms in total. The zero-order chi connectivity index (χ0) is 16.0. The molecule has 0 aliphatic rings. The molecule has 0 aliphatic heterocycles. The monoisotopic (exact) mass is 291 g/mol. The third-order valence-electron chi connectivity index (χ3n) is 3.08. The summed E-state index contributed by atoms with van der Waals surface area (Å²) in [5.74, 6) is -0.386. The van der Waals surface area contributed by atoms with E-state index in [1.165, 1.54) is 0 Å². The second kappa shape index (κ2) is 7.81. The molecule has 4 heteroatoms. The smallest absolute Gasteiger partial charge is 0.328 e. The molecule has 1 amide bonds. The second-order valence-electron chi connectivity index (χ2n) is 6.09. The van der Waals surface area contributed by atoms with Crippen molar-refractivity contribution in [1.29, 1.82) is 0 Å². The highest BCUT2D eigenvalue weighted by molar-refractivity contribution is 5.96. The average molecular weight is 291 g/mol. The third-order valence-corrected chi connectivity index (χ3v) is 3.08. The fraction of sp³-hybridized carbons (Fsp3) is 0.529. The SMILES string of the molecule is Cc1ccc(C(=O)NC(C(=O)OCC(C)C)C(C)C)cc1. The van der Waals surface area contributed by atoms with Crippen LogP contribution in [0.4, 0.5) is 0 Å². The normalized spacial score (nSPS) is 12.3. The number of ether oxygens (including phenoxy) is 1. The Morgan fingerprint density at radius 1 is 1.10 bits per heavy atom. The van der Waals surface area contributed by atoms with Crippen molar-refractivity contribution >= 4 is 11.9 Å². The van der Waals surface area contributed by atoms with Crippen LogP contribution in [0.1, 0.15) is 43.6 Å². The second-order valence-corrected chi connectivity index (χ2v) is 6.09. The van der Waals surface area contributed by atoms with Gasteiger partial charge in [-0.2, -0.15) is 0 Å². The standard InChI is InChI=1S/C17H25NO3/c1-11(2)10-21-17(20)15(12(3)4)18-16(19)14-8-6-13(5)7-9-14/h6-9,11-12,15H,10H2,1-5H3,(H,18,19). The maximum atomic E-state index is 12.2. The molecule has 0 saturated heterocycles. The van der Waals surface area contributed by atoms with Crippen LogP contribution in [0.15, 0.2) is 24.3 Å². The number of aryl methyl sites for hydroxylation is 1. The van der Waals surface area contributed by atoms with Gasteiger partial charge in [0, 0.05) is 5.56 Å². The molecular weight excluding hydrogens is 266 g/mol. The molecule has 1 aromatic carbocycles. The lowest BCUT2D eigenvalue weighted by Gasteiger charge is -2.21. The fourth-order valence-corrected chi connectivity index (χ4v) is 1.77. The van der Waals surface area contributed by atoms with E-state index in [9.17, 15) is 9.59 Å². The first-order valence-electron chi connectivity index (χ1n) is 7.35. The maximum Gasteiger partial charge on any atom is 0.328 e. The summed E-state index contributed by atoms with van der Waals surface area (Å²) >= 11 is 0. The molecule has 0 radical (unpaired) electrons. The number of hydrogen-bond donors (Lipinski definition) is 1. The van der Waals surface area contributed by atoms with Crippen LogP contribution in [-0.2, 0) is 9.53 Å². The molecule has 0 aliphatic carbocycles. The van der Waals surface area contributed by atoms with E-state index in [1.807, 2.05) is 46.8 Å². The van der Waals surface area contributed by atoms with E-state index in [-0.39, 0.29) is 23.7 Å². The van der Waals surface area contributed by atoms with Crippen molar-refractivity contribution < 1.29 is 14.3 Å². The van der Waals surface area contributed by atoms with Crippen molar-refractivity contribution in [3.63, 3.8) is 0 Å². The molecule has 0 bridgehead atoms. The largest absolute Gasteiger partial charge is 0.464 e. The van der Waals surface area contributed by atoms with Gasteiger partial charge in [0.25, 0.3) is 5.91 Å². The summed E-state index contributed by atoms with van der Waals surface area (Å²) in [4.78, 5) is 24.3. The van der Waals surface area contributed by atoms with Crippen molar-refractivity contribution in [3.8, 4) is 0 Å². The Bertz CT molecular complexity index is 477. The minimum Gasteiger partial charge on any atom is -0.464 e. The van der Waals surface area contributed by atoms with Crippen molar-refractivity contribution in [2.75, 3.05) is 6.61 Å². The highest BCUT2D eigenvalue weighted by atomic mass is 16.5. The zero-order valence-corrected chi connectivity index (χ0v) is 13.5. The Balaban J connectivity index is 2.71. The quantitative estimate of drug-likeness (QED) is 0.820. The molecule has 1 unspecified atom stereocenters. The summed E-state index contributed by atoms with van der Waals surface area (Å²) in [6.45, 7) is 10.0. The summed E-state index contributed by atoms with van der Waals surface area (Å²) < 4.78 is 5.23. The first-order valence-corrected chi connectivity index (χ1v) is 7.35. The van der Waals surface area contributed by atoms with Crippen LogP contribution in [0.5, 0.6) is 0 Å². The molecule has 1 atom stereocenters. The number of carbonyl (C=O) groups excluding carboxylic acids is 2. The van der Waals surface area contributed by atoms with Gasteiger partial charge >= 0.3 is 5.97 Å². The Kier molecular flexibility index (Phi) is 6.40. The molecule has 0 fully saturated rings. The maximum absolute atomic E-state index is 12.2. The van der Waals surface area contributed by atoms with Crippen LogP contribution in [0, 0.1) is 18.8 Å². The number of carbonyl (C=O) groups is 2. The van der Waals surface area contributed by atoms with Crippen molar-refractivity contribution in [1.82, 2.24) is 5.32 Å². The molecule has 1 aromatic rings. The molecule has 0 aromatic heterocycles. The van der Waals surface area contributed by atoms with Crippen LogP contribution in [-0.4, -0.2) is 24.5 Å². The first kappa shape index (κ1) is 17.2. The minimum absolute atomic E-state index is 0.0286. The Labute approximate surface area is 126 Å². The van der Waals surface area contributed by atoms with E-state index in [0.29, 0.717) is 12.2 Å². The van der Waals surface area contributed by atoms with Gasteiger partial charge in [-0.3, -0.25) is 4.79 Å². The summed E-state index contributed by atoms with van der Waals surface area (Å²) in [5, 5.41) is 2.76. The van der Waals surface area contributed by atoms with Crippen molar-refractivity contribution in [2.45, 2.75) is 40.7 Å². The number of amides is 1. The predicted molar refractivity (Wildman–Crippen MR) is 83.1 cm³/mol. The number of esters is 1. The number of benzene rings is 1. The lowest BCUT2D eigenvalue weighted by molar-refractivity contribution is -0.148. The van der Waals surface area contributed by atoms with Gasteiger partial charge < -0.3 is 10.1 Å². The van der Waals surface area contributed by atoms with Gasteiger partial charge in [0.15, 0.2) is 0 Å². The Morgan fingerprint density at radius 3 is 2.14 bits per heavy atom. The number of rotatable bonds is 6. The minimum atomic E-state index is -0.627. The highest BCUT2D eigenvalue weighted by Gasteiger charge is 2.26. The van der Waals surface area contributed by atoms with Gasteiger partial charge in [0.1, 0.15) is 6.04 Å². The average Bonchev–Trinajstić information content (AvgIpc) is 2.42. The van der Waals surface area contributed by atoms with E-state index < -0.39 is 6.04 Å². The third kappa shape index (κ3) is 5.58. The number of nitrogens with one attached hydrogen (secondary N) is 1. The molecule has 1 rings (SSSR count). The summed E-state index contributed by atoms with van der Waals surface area (Å²) in [7, 11) is 0. The molecule has 0 heterocycles. The van der Waals surface area contributed by atoms with E-state index in [0.717, 1.165) is 5.56 Å². The Hall–Kier alpha value is -1.84. The summed E-state index contributed by atoms with van der Waals surface area (Å²) in [6.07, 6.45) is 0. The first-order chi connectivity index (χ1) is 9.81. The van der Waals surface area contributed by atoms with Gasteiger partial charge in [0.05, 0.1) is 6.61 Å². The van der Waals surface area contributed by atoms with Crippen LogP contribution < -0.4 is 5.32 Å². The molecule has 0 saturated carbocycles. The molecule has 21 heavy (non-hydrogen) atoms. The van der Waals surface area contributed by atoms with E-state index in [2.05, 4.69) is 5.32 Å². The number of hydrogen-bond acceptors (Lipinski definition) is 3. The molecule has 1 N–H and O–H groups in total. The van der Waals surface area contributed by atoms with Crippen LogP contribution in [0.2, 0.25) is 0 Å². The fourth-order valence-electron chi connectivity index (χ4n) is 1.77. The van der Waals surface area contributed by atoms with E-state index >= 15 is 0 Å². The highest BCUT2D eigenvalue weighted by Crippen LogP contribution is 2.08. The predicted octanol–water partition coefficient (Wildman–Crippen LogP) is 2.95. The van der Waals surface area contributed by atoms with Gasteiger partial charge in [-0.05, 0) is 30.9 Å². The van der Waals surface area contributed by atoms with Gasteiger partial charge in [-0.1, -0.05) is 45.4 Å². The lowest BCUT2D eigenvalue weighted by Crippen LogP contribution is -2.45. The molecular formula is C17H25NO3. The van der Waals surface area contributed by atoms with Gasteiger partial charge in [-0.15, -0.1) is 0 Å². The summed E-state index contributed by atoms with van der Waals surface area (Å²) in [6, 6.07) is 6.62. The van der Waals surface area contributed by atoms with Crippen molar-refractivity contribution in [3.05, 3.63) is 35.4 Å². The molecule has 0 spiro atoms. The summed E-state index contributed by atoms with van der Waals surface area (Å²) in [5.41, 5.74) is 1.63. The molecule has 116 valence electrons. The van der Waals surface area contributed by atoms with E-state index in [1.54, 1.807) is 12.1 Å². The van der Waals surface area contributed by atoms with Crippen molar-refractivity contribution in [2.24, 2.45) is 11.8 Å². The topological polar surface area (TPSA) is 55.4 Å². The lowest BCUT2D eigenvalue weighted by atomic mass is 10.0.